The topological polar surface area (TPSA) is 24.9 Å². The Morgan fingerprint density at radius 2 is 1.80 bits per heavy atom. The van der Waals surface area contributed by atoms with E-state index < -0.39 is 17.4 Å². The Hall–Kier alpha value is -1.17. The molecule has 114 valence electrons. The van der Waals surface area contributed by atoms with Crippen LogP contribution < -0.4 is 5.32 Å². The number of nitrogens with one attached hydrogen (secondary N) is 1. The van der Waals surface area contributed by atoms with Gasteiger partial charge in [-0.25, -0.2) is 4.39 Å². The first-order valence-electron chi connectivity index (χ1n) is 6.81. The van der Waals surface area contributed by atoms with Crippen molar-refractivity contribution in [2.24, 2.45) is 0 Å². The number of halogens is 4. The Morgan fingerprint density at radius 3 is 2.25 bits per heavy atom. The summed E-state index contributed by atoms with van der Waals surface area (Å²) in [6.07, 6.45) is -2.81. The summed E-state index contributed by atoms with van der Waals surface area (Å²) in [5, 5.41) is 3.05. The summed E-state index contributed by atoms with van der Waals surface area (Å²) in [4.78, 5) is 3.70. The maximum atomic E-state index is 14.3. The number of piperidine rings is 1. The molecule has 0 aliphatic carbocycles. The van der Waals surface area contributed by atoms with Gasteiger partial charge in [-0.2, -0.15) is 13.2 Å². The summed E-state index contributed by atoms with van der Waals surface area (Å²) in [7, 11) is 0. The molecule has 1 aromatic rings. The van der Waals surface area contributed by atoms with Crippen LogP contribution in [0, 0.1) is 0 Å². The molecule has 1 aromatic heterocycles. The first kappa shape index (κ1) is 16.9. The van der Waals surface area contributed by atoms with Crippen LogP contribution in [0.2, 0.25) is 0 Å². The van der Waals surface area contributed by atoms with Crippen molar-refractivity contribution >= 4 is 0 Å². The summed E-state index contributed by atoms with van der Waals surface area (Å²) >= 11 is 0. The lowest BCUT2D eigenvalue weighted by Gasteiger charge is -2.29. The van der Waals surface area contributed by atoms with Gasteiger partial charge < -0.3 is 5.32 Å². The van der Waals surface area contributed by atoms with E-state index in [1.165, 1.54) is 6.07 Å². The first-order chi connectivity index (χ1) is 9.39. The van der Waals surface area contributed by atoms with Crippen LogP contribution in [0.1, 0.15) is 37.9 Å². The zero-order chi connectivity index (χ0) is 15.2. The maximum Gasteiger partial charge on any atom is 0.417 e. The van der Waals surface area contributed by atoms with E-state index in [0.29, 0.717) is 31.6 Å². The highest BCUT2D eigenvalue weighted by atomic mass is 19.4. The number of rotatable bonds is 2. The van der Waals surface area contributed by atoms with Crippen LogP contribution in [0.3, 0.4) is 0 Å². The first-order valence-corrected chi connectivity index (χ1v) is 6.81. The smallest absolute Gasteiger partial charge is 0.316 e. The van der Waals surface area contributed by atoms with Gasteiger partial charge in [-0.3, -0.25) is 4.98 Å². The van der Waals surface area contributed by atoms with Gasteiger partial charge in [0.1, 0.15) is 5.67 Å². The van der Waals surface area contributed by atoms with E-state index in [1.54, 1.807) is 0 Å². The SMILES string of the molecule is CC.FC1(Cc2ccc(C(F)(F)F)cn2)CCNCC1. The van der Waals surface area contributed by atoms with Crippen molar-refractivity contribution in [1.82, 2.24) is 10.3 Å². The minimum Gasteiger partial charge on any atom is -0.316 e. The van der Waals surface area contributed by atoms with E-state index in [1.807, 2.05) is 13.8 Å². The monoisotopic (exact) mass is 292 g/mol. The molecule has 0 unspecified atom stereocenters. The van der Waals surface area contributed by atoms with Gasteiger partial charge in [-0.1, -0.05) is 13.8 Å². The molecule has 1 aliphatic rings. The Bertz CT molecular complexity index is 395. The van der Waals surface area contributed by atoms with Gasteiger partial charge in [0.05, 0.1) is 5.56 Å². The second-order valence-electron chi connectivity index (χ2n) is 4.61. The van der Waals surface area contributed by atoms with Crippen molar-refractivity contribution in [2.45, 2.75) is 45.0 Å². The molecule has 0 saturated carbocycles. The zero-order valence-electron chi connectivity index (χ0n) is 11.7. The molecule has 0 spiro atoms. The number of nitrogens with zero attached hydrogens (tertiary/aromatic N) is 1. The fourth-order valence-corrected chi connectivity index (χ4v) is 2.07. The average molecular weight is 292 g/mol. The molecule has 1 aliphatic heterocycles. The minimum atomic E-state index is -4.40. The summed E-state index contributed by atoms with van der Waals surface area (Å²) < 4.78 is 51.3. The minimum absolute atomic E-state index is 0.0762. The molecular formula is C14H20F4N2. The molecule has 20 heavy (non-hydrogen) atoms. The molecule has 2 heterocycles. The van der Waals surface area contributed by atoms with Crippen LogP contribution in [-0.4, -0.2) is 23.7 Å². The van der Waals surface area contributed by atoms with E-state index >= 15 is 0 Å². The molecule has 0 atom stereocenters. The summed E-state index contributed by atoms with van der Waals surface area (Å²) in [5.74, 6) is 0. The normalized spacial score (nSPS) is 18.1. The lowest BCUT2D eigenvalue weighted by Crippen LogP contribution is -2.40. The van der Waals surface area contributed by atoms with Crippen molar-refractivity contribution in [3.05, 3.63) is 29.6 Å². The lowest BCUT2D eigenvalue weighted by molar-refractivity contribution is -0.137. The highest BCUT2D eigenvalue weighted by molar-refractivity contribution is 5.18. The van der Waals surface area contributed by atoms with Crippen LogP contribution in [0.4, 0.5) is 17.6 Å². The zero-order valence-corrected chi connectivity index (χ0v) is 11.7. The second kappa shape index (κ2) is 7.02. The van der Waals surface area contributed by atoms with Crippen LogP contribution in [0.5, 0.6) is 0 Å². The summed E-state index contributed by atoms with van der Waals surface area (Å²) in [5.41, 5.74) is -1.78. The van der Waals surface area contributed by atoms with E-state index in [2.05, 4.69) is 10.3 Å². The fourth-order valence-electron chi connectivity index (χ4n) is 2.07. The standard InChI is InChI=1S/C12H14F4N2.C2H6/c13-11(3-5-17-6-4-11)7-10-2-1-9(8-18-10)12(14,15)16;1-2/h1-2,8,17H,3-7H2;1-2H3. The third-order valence-corrected chi connectivity index (χ3v) is 3.15. The maximum absolute atomic E-state index is 14.3. The quantitative estimate of drug-likeness (QED) is 0.840. The molecule has 0 bridgehead atoms. The van der Waals surface area contributed by atoms with Crippen LogP contribution in [0.25, 0.3) is 0 Å². The van der Waals surface area contributed by atoms with Crippen molar-refractivity contribution < 1.29 is 17.6 Å². The van der Waals surface area contributed by atoms with Gasteiger partial charge in [0.25, 0.3) is 0 Å². The molecule has 0 amide bonds. The van der Waals surface area contributed by atoms with E-state index in [9.17, 15) is 17.6 Å². The lowest BCUT2D eigenvalue weighted by atomic mass is 9.89. The van der Waals surface area contributed by atoms with Gasteiger partial charge in [-0.15, -0.1) is 0 Å². The van der Waals surface area contributed by atoms with Gasteiger partial charge >= 0.3 is 6.18 Å². The predicted molar refractivity (Wildman–Crippen MR) is 70.2 cm³/mol. The molecule has 2 nitrogen and oxygen atoms in total. The molecule has 0 radical (unpaired) electrons. The third kappa shape index (κ3) is 4.74. The number of hydrogen-bond donors (Lipinski definition) is 1. The van der Waals surface area contributed by atoms with Crippen molar-refractivity contribution in [3.8, 4) is 0 Å². The van der Waals surface area contributed by atoms with Crippen molar-refractivity contribution in [1.29, 1.82) is 0 Å². The average Bonchev–Trinajstić information content (AvgIpc) is 2.41. The third-order valence-electron chi connectivity index (χ3n) is 3.15. The number of alkyl halides is 4. The number of pyridine rings is 1. The van der Waals surface area contributed by atoms with E-state index in [0.717, 1.165) is 12.3 Å². The highest BCUT2D eigenvalue weighted by Gasteiger charge is 2.33. The van der Waals surface area contributed by atoms with Crippen molar-refractivity contribution in [2.75, 3.05) is 13.1 Å². The number of aromatic nitrogens is 1. The summed E-state index contributed by atoms with van der Waals surface area (Å²) in [6.45, 7) is 5.19. The Morgan fingerprint density at radius 1 is 1.20 bits per heavy atom. The molecule has 1 fully saturated rings. The van der Waals surface area contributed by atoms with Crippen molar-refractivity contribution in [3.63, 3.8) is 0 Å². The van der Waals surface area contributed by atoms with Gasteiger partial charge in [0, 0.05) is 18.3 Å². The highest BCUT2D eigenvalue weighted by Crippen LogP contribution is 2.30. The Kier molecular flexibility index (Phi) is 5.92. The van der Waals surface area contributed by atoms with Crippen LogP contribution >= 0.6 is 0 Å². The van der Waals surface area contributed by atoms with Gasteiger partial charge in [0.2, 0.25) is 0 Å². The molecule has 2 rings (SSSR count). The fraction of sp³-hybridized carbons (Fsp3) is 0.643. The van der Waals surface area contributed by atoms with Gasteiger partial charge in [-0.05, 0) is 38.1 Å². The largest absolute Gasteiger partial charge is 0.417 e. The molecule has 1 N–H and O–H groups in total. The predicted octanol–water partition coefficient (Wildman–Crippen LogP) is 3.76. The van der Waals surface area contributed by atoms with Crippen LogP contribution in [-0.2, 0) is 12.6 Å². The molecule has 6 heteroatoms. The summed E-state index contributed by atoms with van der Waals surface area (Å²) in [6, 6.07) is 2.21. The molecular weight excluding hydrogens is 272 g/mol. The Balaban J connectivity index is 0.000000956. The van der Waals surface area contributed by atoms with Gasteiger partial charge in [0.15, 0.2) is 0 Å². The Labute approximate surface area is 116 Å². The molecule has 1 saturated heterocycles. The van der Waals surface area contributed by atoms with E-state index in [4.69, 9.17) is 0 Å². The van der Waals surface area contributed by atoms with Crippen LogP contribution in [0.15, 0.2) is 18.3 Å². The van der Waals surface area contributed by atoms with E-state index in [-0.39, 0.29) is 6.42 Å². The number of hydrogen-bond acceptors (Lipinski definition) is 2. The molecule has 0 aromatic carbocycles. The second-order valence-corrected chi connectivity index (χ2v) is 4.61.